The van der Waals surface area contributed by atoms with Crippen molar-refractivity contribution in [2.24, 2.45) is 0 Å². The number of hydrogen-bond donors (Lipinski definition) is 0. The van der Waals surface area contributed by atoms with E-state index >= 15 is 0 Å². The number of fused-ring (bicyclic) bond motifs is 2. The van der Waals surface area contributed by atoms with Crippen LogP contribution in [0.25, 0.3) is 16.8 Å². The predicted octanol–water partition coefficient (Wildman–Crippen LogP) is 4.73. The van der Waals surface area contributed by atoms with E-state index in [1.54, 1.807) is 5.56 Å². The topological polar surface area (TPSA) is 0 Å². The monoisotopic (exact) mass is 320 g/mol. The summed E-state index contributed by atoms with van der Waals surface area (Å²) in [7, 11) is 0. The average molecular weight is 320 g/mol. The second kappa shape index (κ2) is 4.21. The number of alkyl halides is 1. The first-order chi connectivity index (χ1) is 7.90. The van der Waals surface area contributed by atoms with Gasteiger partial charge in [0.2, 0.25) is 0 Å². The van der Waals surface area contributed by atoms with Crippen LogP contribution in [0.2, 0.25) is 0 Å². The molecule has 0 nitrogen and oxygen atoms in total. The van der Waals surface area contributed by atoms with Crippen molar-refractivity contribution >= 4 is 39.4 Å². The minimum atomic E-state index is 1.11. The van der Waals surface area contributed by atoms with Crippen molar-refractivity contribution in [1.82, 2.24) is 0 Å². The van der Waals surface area contributed by atoms with Crippen LogP contribution in [0.4, 0.5) is 0 Å². The minimum absolute atomic E-state index is 1.11. The molecule has 0 atom stereocenters. The number of rotatable bonds is 1. The Morgan fingerprint density at radius 1 is 1.19 bits per heavy atom. The minimum Gasteiger partial charge on any atom is -0.0836 e. The summed E-state index contributed by atoms with van der Waals surface area (Å²) in [6.07, 6.45) is 6.96. The highest BCUT2D eigenvalue weighted by atomic mass is 127. The highest BCUT2D eigenvalue weighted by Crippen LogP contribution is 2.31. The molecule has 0 amide bonds. The van der Waals surface area contributed by atoms with E-state index in [-0.39, 0.29) is 0 Å². The third-order valence-corrected chi connectivity index (χ3v) is 4.06. The van der Waals surface area contributed by atoms with Crippen LogP contribution < -0.4 is 0 Å². The Hall–Kier alpha value is -0.830. The van der Waals surface area contributed by atoms with E-state index < -0.39 is 0 Å². The largest absolute Gasteiger partial charge is 0.0836 e. The second-order valence-corrected chi connectivity index (χ2v) is 4.98. The Kier molecular flexibility index (Phi) is 2.72. The zero-order chi connectivity index (χ0) is 11.0. The number of halogens is 1. The SMILES string of the molecule is ICc1c2c(cc3ccccc13)C=CCC2. The van der Waals surface area contributed by atoms with Crippen molar-refractivity contribution in [1.29, 1.82) is 0 Å². The highest BCUT2D eigenvalue weighted by Gasteiger charge is 2.12. The lowest BCUT2D eigenvalue weighted by molar-refractivity contribution is 0.975. The van der Waals surface area contributed by atoms with E-state index in [1.165, 1.54) is 34.7 Å². The summed E-state index contributed by atoms with van der Waals surface area (Å²) >= 11 is 2.48. The molecule has 0 unspecified atom stereocenters. The molecule has 0 radical (unpaired) electrons. The maximum atomic E-state index is 2.48. The van der Waals surface area contributed by atoms with E-state index in [4.69, 9.17) is 0 Å². The summed E-state index contributed by atoms with van der Waals surface area (Å²) in [4.78, 5) is 0. The third-order valence-electron chi connectivity index (χ3n) is 3.30. The predicted molar refractivity (Wildman–Crippen MR) is 79.0 cm³/mol. The molecule has 0 fully saturated rings. The molecule has 0 aromatic heterocycles. The van der Waals surface area contributed by atoms with Gasteiger partial charge in [0.1, 0.15) is 0 Å². The molecule has 1 aliphatic carbocycles. The summed E-state index contributed by atoms with van der Waals surface area (Å²) in [5.41, 5.74) is 4.53. The van der Waals surface area contributed by atoms with Gasteiger partial charge in [0.25, 0.3) is 0 Å². The van der Waals surface area contributed by atoms with Gasteiger partial charge in [-0.25, -0.2) is 0 Å². The van der Waals surface area contributed by atoms with Crippen LogP contribution in [-0.2, 0) is 10.8 Å². The maximum absolute atomic E-state index is 2.48. The van der Waals surface area contributed by atoms with Crippen molar-refractivity contribution in [2.75, 3.05) is 0 Å². The van der Waals surface area contributed by atoms with Crippen molar-refractivity contribution in [3.8, 4) is 0 Å². The molecule has 0 saturated heterocycles. The van der Waals surface area contributed by atoms with Gasteiger partial charge < -0.3 is 0 Å². The van der Waals surface area contributed by atoms with Crippen LogP contribution in [0.15, 0.2) is 36.4 Å². The molecule has 0 aliphatic heterocycles. The van der Waals surface area contributed by atoms with Crippen LogP contribution >= 0.6 is 22.6 Å². The van der Waals surface area contributed by atoms with Gasteiger partial charge in [-0.3, -0.25) is 0 Å². The zero-order valence-electron chi connectivity index (χ0n) is 9.04. The van der Waals surface area contributed by atoms with E-state index in [2.05, 4.69) is 65.1 Å². The molecule has 2 aromatic carbocycles. The van der Waals surface area contributed by atoms with Crippen LogP contribution in [-0.4, -0.2) is 0 Å². The number of allylic oxidation sites excluding steroid dienone is 1. The van der Waals surface area contributed by atoms with Crippen molar-refractivity contribution in [2.45, 2.75) is 17.3 Å². The van der Waals surface area contributed by atoms with Gasteiger partial charge in [0.05, 0.1) is 0 Å². The summed E-state index contributed by atoms with van der Waals surface area (Å²) < 4.78 is 1.11. The van der Waals surface area contributed by atoms with Gasteiger partial charge in [-0.1, -0.05) is 59.0 Å². The smallest absolute Gasteiger partial charge is 0.0256 e. The quantitative estimate of drug-likeness (QED) is 0.526. The van der Waals surface area contributed by atoms with Gasteiger partial charge in [0.15, 0.2) is 0 Å². The zero-order valence-corrected chi connectivity index (χ0v) is 11.2. The second-order valence-electron chi connectivity index (χ2n) is 4.22. The molecule has 16 heavy (non-hydrogen) atoms. The molecular weight excluding hydrogens is 307 g/mol. The Labute approximate surface area is 110 Å². The fourth-order valence-electron chi connectivity index (χ4n) is 2.52. The van der Waals surface area contributed by atoms with Gasteiger partial charge in [0, 0.05) is 4.43 Å². The average Bonchev–Trinajstić information content (AvgIpc) is 2.36. The van der Waals surface area contributed by atoms with Gasteiger partial charge in [-0.15, -0.1) is 0 Å². The third kappa shape index (κ3) is 1.58. The van der Waals surface area contributed by atoms with E-state index in [0.717, 1.165) is 4.43 Å². The molecule has 80 valence electrons. The summed E-state index contributed by atoms with van der Waals surface area (Å²) in [6, 6.07) is 11.1. The van der Waals surface area contributed by atoms with Crippen LogP contribution in [0.3, 0.4) is 0 Å². The van der Waals surface area contributed by atoms with Crippen molar-refractivity contribution < 1.29 is 0 Å². The molecule has 0 heterocycles. The molecular formula is C15H13I. The summed E-state index contributed by atoms with van der Waals surface area (Å²) in [5.74, 6) is 0. The fourth-order valence-corrected chi connectivity index (χ4v) is 3.39. The van der Waals surface area contributed by atoms with Gasteiger partial charge in [-0.2, -0.15) is 0 Å². The maximum Gasteiger partial charge on any atom is 0.0256 e. The molecule has 3 rings (SSSR count). The van der Waals surface area contributed by atoms with E-state index in [1.807, 2.05) is 0 Å². The van der Waals surface area contributed by atoms with Crippen LogP contribution in [0.1, 0.15) is 23.1 Å². The Balaban J connectivity index is 2.40. The van der Waals surface area contributed by atoms with Crippen LogP contribution in [0, 0.1) is 0 Å². The van der Waals surface area contributed by atoms with Crippen LogP contribution in [0.5, 0.6) is 0 Å². The molecule has 1 aliphatic rings. The number of hydrogen-bond acceptors (Lipinski definition) is 0. The fraction of sp³-hybridized carbons (Fsp3) is 0.200. The van der Waals surface area contributed by atoms with E-state index in [9.17, 15) is 0 Å². The molecule has 0 spiro atoms. The summed E-state index contributed by atoms with van der Waals surface area (Å²) in [6.45, 7) is 0. The molecule has 0 saturated carbocycles. The normalized spacial score (nSPS) is 14.1. The lowest BCUT2D eigenvalue weighted by Gasteiger charge is -2.17. The Morgan fingerprint density at radius 3 is 2.94 bits per heavy atom. The lowest BCUT2D eigenvalue weighted by atomic mass is 9.89. The lowest BCUT2D eigenvalue weighted by Crippen LogP contribution is -2.00. The van der Waals surface area contributed by atoms with Crippen molar-refractivity contribution in [3.63, 3.8) is 0 Å². The molecule has 2 aromatic rings. The standard InChI is InChI=1S/C15H13I/c16-10-15-13-7-3-1-5-11(13)9-12-6-2-4-8-14(12)15/h1-3,5-7,9H,4,8,10H2. The molecule has 0 bridgehead atoms. The molecule has 0 N–H and O–H groups in total. The number of benzene rings is 2. The van der Waals surface area contributed by atoms with Crippen molar-refractivity contribution in [3.05, 3.63) is 53.1 Å². The van der Waals surface area contributed by atoms with Gasteiger partial charge in [-0.05, 0) is 46.4 Å². The molecule has 1 heteroatoms. The first kappa shape index (κ1) is 10.3. The first-order valence-corrected chi connectivity index (χ1v) is 7.18. The Bertz CT molecular complexity index is 567. The highest BCUT2D eigenvalue weighted by molar-refractivity contribution is 14.1. The first-order valence-electron chi connectivity index (χ1n) is 5.66. The van der Waals surface area contributed by atoms with E-state index in [0.29, 0.717) is 0 Å². The summed E-state index contributed by atoms with van der Waals surface area (Å²) in [5, 5.41) is 2.81. The van der Waals surface area contributed by atoms with Gasteiger partial charge >= 0.3 is 0 Å². The Morgan fingerprint density at radius 2 is 2.06 bits per heavy atom.